The van der Waals surface area contributed by atoms with Crippen LogP contribution >= 0.6 is 0 Å². The Morgan fingerprint density at radius 2 is 1.79 bits per heavy atom. The van der Waals surface area contributed by atoms with Gasteiger partial charge in [0.05, 0.1) is 6.54 Å². The van der Waals surface area contributed by atoms with Crippen LogP contribution in [0.15, 0.2) is 76.0 Å². The van der Waals surface area contributed by atoms with E-state index in [9.17, 15) is 23.1 Å². The maximum absolute atomic E-state index is 13.9. The van der Waals surface area contributed by atoms with Crippen LogP contribution < -0.4 is 5.32 Å². The van der Waals surface area contributed by atoms with E-state index >= 15 is 0 Å². The van der Waals surface area contributed by atoms with Gasteiger partial charge in [0.1, 0.15) is 17.1 Å². The molecule has 2 N–H and O–H groups in total. The molecule has 38 heavy (non-hydrogen) atoms. The molecule has 0 radical (unpaired) electrons. The minimum absolute atomic E-state index is 0.0222. The first kappa shape index (κ1) is 24.9. The summed E-state index contributed by atoms with van der Waals surface area (Å²) in [5.74, 6) is -1.23. The summed E-state index contributed by atoms with van der Waals surface area (Å²) in [5.41, 5.74) is -0.647. The molecule has 0 aliphatic rings. The van der Waals surface area contributed by atoms with Crippen LogP contribution in [-0.4, -0.2) is 35.9 Å². The molecule has 0 spiro atoms. The van der Waals surface area contributed by atoms with Crippen molar-refractivity contribution in [2.75, 3.05) is 0 Å². The number of hydrogen-bond donors (Lipinski definition) is 2. The van der Waals surface area contributed by atoms with Gasteiger partial charge in [0.2, 0.25) is 11.6 Å². The maximum atomic E-state index is 13.9. The third-order valence-corrected chi connectivity index (χ3v) is 5.72. The maximum Gasteiger partial charge on any atom is 0.422 e. The predicted octanol–water partition coefficient (Wildman–Crippen LogP) is 4.16. The van der Waals surface area contributed by atoms with Crippen LogP contribution in [0.5, 0.6) is 0 Å². The fourth-order valence-electron chi connectivity index (χ4n) is 3.72. The second-order valence-electron chi connectivity index (χ2n) is 8.22. The highest BCUT2D eigenvalue weighted by molar-refractivity contribution is 5.82. The number of alkyl halides is 3. The summed E-state index contributed by atoms with van der Waals surface area (Å²) in [6, 6.07) is 13.7. The monoisotopic (exact) mass is 524 g/mol. The Kier molecular flexibility index (Phi) is 6.51. The van der Waals surface area contributed by atoms with Crippen molar-refractivity contribution in [3.63, 3.8) is 0 Å². The molecule has 5 aromatic rings. The number of rotatable bonds is 7. The zero-order valence-corrected chi connectivity index (χ0v) is 19.7. The molecule has 5 rings (SSSR count). The lowest BCUT2D eigenvalue weighted by Crippen LogP contribution is -2.29. The van der Waals surface area contributed by atoms with Gasteiger partial charge in [-0.15, -0.1) is 0 Å². The van der Waals surface area contributed by atoms with Gasteiger partial charge in [-0.2, -0.15) is 18.2 Å². The molecule has 0 aliphatic heterocycles. The molecular formula is C25H19F3N6O4. The van der Waals surface area contributed by atoms with Gasteiger partial charge in [0.25, 0.3) is 11.8 Å². The van der Waals surface area contributed by atoms with Crippen LogP contribution in [0.3, 0.4) is 0 Å². The molecule has 2 aromatic carbocycles. The third-order valence-electron chi connectivity index (χ3n) is 5.72. The summed E-state index contributed by atoms with van der Waals surface area (Å²) in [5, 5.41) is 20.3. The molecule has 0 bridgehead atoms. The number of nitrogens with one attached hydrogen (secondary N) is 1. The first-order valence-electron chi connectivity index (χ1n) is 11.2. The number of aryl methyl sites for hydroxylation is 1. The van der Waals surface area contributed by atoms with Crippen LogP contribution in [0.4, 0.5) is 13.2 Å². The Balaban J connectivity index is 1.35. The van der Waals surface area contributed by atoms with Gasteiger partial charge in [0.15, 0.2) is 6.10 Å². The van der Waals surface area contributed by atoms with Crippen molar-refractivity contribution in [1.29, 1.82) is 0 Å². The molecule has 0 aliphatic carbocycles. The summed E-state index contributed by atoms with van der Waals surface area (Å²) in [4.78, 5) is 20.5. The average molecular weight is 524 g/mol. The van der Waals surface area contributed by atoms with E-state index in [-0.39, 0.29) is 23.5 Å². The number of carbonyl (C=O) groups is 1. The molecule has 3 heterocycles. The summed E-state index contributed by atoms with van der Waals surface area (Å²) >= 11 is 0. The van der Waals surface area contributed by atoms with Crippen molar-refractivity contribution in [3.05, 3.63) is 83.9 Å². The normalized spacial score (nSPS) is 12.4. The summed E-state index contributed by atoms with van der Waals surface area (Å²) in [7, 11) is 1.78. The number of aromatic nitrogens is 5. The standard InChI is InChI=1S/C25H19F3N6O4/c1-34-12-11-29-17(34)13-30-23(36)20(35)15-7-9-16(10-8-15)22-31-24(38-33-22)21-18(25(26,27)28)19(32-37-21)14-5-3-2-4-6-14/h2-12,20,35H,13H2,1H3,(H,30,36). The van der Waals surface area contributed by atoms with Crippen LogP contribution in [-0.2, 0) is 24.6 Å². The minimum Gasteiger partial charge on any atom is -0.378 e. The molecular weight excluding hydrogens is 505 g/mol. The molecule has 0 saturated carbocycles. The van der Waals surface area contributed by atoms with Gasteiger partial charge in [-0.3, -0.25) is 4.79 Å². The molecule has 194 valence electrons. The second-order valence-corrected chi connectivity index (χ2v) is 8.22. The lowest BCUT2D eigenvalue weighted by Gasteiger charge is -2.12. The Morgan fingerprint density at radius 1 is 1.05 bits per heavy atom. The lowest BCUT2D eigenvalue weighted by atomic mass is 10.1. The first-order valence-corrected chi connectivity index (χ1v) is 11.2. The predicted molar refractivity (Wildman–Crippen MR) is 126 cm³/mol. The van der Waals surface area contributed by atoms with Gasteiger partial charge < -0.3 is 24.0 Å². The number of benzene rings is 2. The van der Waals surface area contributed by atoms with E-state index < -0.39 is 41.1 Å². The molecule has 13 heteroatoms. The number of imidazole rings is 1. The van der Waals surface area contributed by atoms with Crippen molar-refractivity contribution < 1.29 is 32.1 Å². The average Bonchev–Trinajstić information content (AvgIpc) is 3.66. The van der Waals surface area contributed by atoms with Crippen molar-refractivity contribution >= 4 is 5.91 Å². The Morgan fingerprint density at radius 3 is 2.45 bits per heavy atom. The van der Waals surface area contributed by atoms with E-state index in [1.165, 1.54) is 36.4 Å². The van der Waals surface area contributed by atoms with Crippen molar-refractivity contribution in [3.8, 4) is 34.3 Å². The van der Waals surface area contributed by atoms with E-state index in [2.05, 4.69) is 25.6 Å². The van der Waals surface area contributed by atoms with E-state index in [0.717, 1.165) is 0 Å². The van der Waals surface area contributed by atoms with Gasteiger partial charge >= 0.3 is 6.18 Å². The number of carbonyl (C=O) groups excluding carboxylic acids is 1. The highest BCUT2D eigenvalue weighted by Gasteiger charge is 2.43. The molecule has 1 amide bonds. The molecule has 0 saturated heterocycles. The van der Waals surface area contributed by atoms with Gasteiger partial charge in [0, 0.05) is 30.6 Å². The van der Waals surface area contributed by atoms with Gasteiger partial charge in [-0.25, -0.2) is 4.98 Å². The Bertz CT molecular complexity index is 1560. The fraction of sp³-hybridized carbons (Fsp3) is 0.160. The lowest BCUT2D eigenvalue weighted by molar-refractivity contribution is -0.137. The fourth-order valence-corrected chi connectivity index (χ4v) is 3.72. The SMILES string of the molecule is Cn1ccnc1CNC(=O)C(O)c1ccc(-c2noc(-c3onc(-c4ccccc4)c3C(F)(F)F)n2)cc1. The van der Waals surface area contributed by atoms with Crippen molar-refractivity contribution in [2.45, 2.75) is 18.8 Å². The zero-order valence-electron chi connectivity index (χ0n) is 19.7. The zero-order chi connectivity index (χ0) is 26.9. The number of amides is 1. The van der Waals surface area contributed by atoms with Crippen LogP contribution in [0.1, 0.15) is 23.1 Å². The van der Waals surface area contributed by atoms with E-state index in [0.29, 0.717) is 11.4 Å². The van der Waals surface area contributed by atoms with E-state index in [4.69, 9.17) is 9.05 Å². The van der Waals surface area contributed by atoms with Crippen LogP contribution in [0.25, 0.3) is 34.3 Å². The number of hydrogen-bond acceptors (Lipinski definition) is 8. The summed E-state index contributed by atoms with van der Waals surface area (Å²) < 4.78 is 53.6. The smallest absolute Gasteiger partial charge is 0.378 e. The van der Waals surface area contributed by atoms with Crippen LogP contribution in [0.2, 0.25) is 0 Å². The number of aliphatic hydroxyl groups is 1. The van der Waals surface area contributed by atoms with Crippen molar-refractivity contribution in [2.24, 2.45) is 7.05 Å². The second kappa shape index (κ2) is 9.94. The molecule has 0 fully saturated rings. The molecule has 10 nitrogen and oxygen atoms in total. The first-order chi connectivity index (χ1) is 18.2. The number of halogens is 3. The Hall–Kier alpha value is -4.78. The van der Waals surface area contributed by atoms with Gasteiger partial charge in [-0.1, -0.05) is 64.9 Å². The largest absolute Gasteiger partial charge is 0.422 e. The van der Waals surface area contributed by atoms with Crippen molar-refractivity contribution in [1.82, 2.24) is 30.2 Å². The topological polar surface area (TPSA) is 132 Å². The molecule has 1 atom stereocenters. The third kappa shape index (κ3) is 4.91. The molecule has 3 aromatic heterocycles. The van der Waals surface area contributed by atoms with Crippen LogP contribution in [0, 0.1) is 0 Å². The summed E-state index contributed by atoms with van der Waals surface area (Å²) in [6.45, 7) is 0.136. The molecule has 1 unspecified atom stereocenters. The quantitative estimate of drug-likeness (QED) is 0.324. The van der Waals surface area contributed by atoms with E-state index in [1.54, 1.807) is 42.2 Å². The Labute approximate surface area is 212 Å². The summed E-state index contributed by atoms with van der Waals surface area (Å²) in [6.07, 6.45) is -2.93. The van der Waals surface area contributed by atoms with E-state index in [1.807, 2.05) is 0 Å². The highest BCUT2D eigenvalue weighted by atomic mass is 19.4. The minimum atomic E-state index is -4.80. The number of nitrogens with zero attached hydrogens (tertiary/aromatic N) is 5. The highest BCUT2D eigenvalue weighted by Crippen LogP contribution is 2.43. The van der Waals surface area contributed by atoms with Gasteiger partial charge in [-0.05, 0) is 5.56 Å². The number of aliphatic hydroxyl groups excluding tert-OH is 1.